The van der Waals surface area contributed by atoms with Crippen LogP contribution in [-0.4, -0.2) is 27.4 Å². The Morgan fingerprint density at radius 2 is 1.81 bits per heavy atom. The molecule has 1 aliphatic heterocycles. The van der Waals surface area contributed by atoms with Crippen LogP contribution < -0.4 is 0 Å². The molecule has 1 heterocycles. The van der Waals surface area contributed by atoms with Crippen LogP contribution >= 0.6 is 11.8 Å². The maximum Gasteiger partial charge on any atom is 0.269 e. The molecule has 138 valence electrons. The number of thioether (sulfide) groups is 1. The number of hydrogen-bond acceptors (Lipinski definition) is 5. The highest BCUT2D eigenvalue weighted by atomic mass is 32.2. The number of non-ortho nitro benzene ring substituents is 1. The van der Waals surface area contributed by atoms with Crippen molar-refractivity contribution in [2.45, 2.75) is 13.8 Å². The smallest absolute Gasteiger partial charge is 0.269 e. The fourth-order valence-corrected chi connectivity index (χ4v) is 3.58. The quantitative estimate of drug-likeness (QED) is 0.421. The number of carbonyl (C=O) groups is 1. The lowest BCUT2D eigenvalue weighted by molar-refractivity contribution is -0.384. The Morgan fingerprint density at radius 1 is 1.15 bits per heavy atom. The van der Waals surface area contributed by atoms with Crippen molar-refractivity contribution >= 4 is 40.3 Å². The Labute approximate surface area is 161 Å². The Hall–Kier alpha value is -2.93. The second kappa shape index (κ2) is 8.18. The molecule has 0 atom stereocenters. The van der Waals surface area contributed by atoms with Gasteiger partial charge in [-0.25, -0.2) is 4.99 Å². The van der Waals surface area contributed by atoms with Gasteiger partial charge in [-0.3, -0.25) is 19.8 Å². The normalized spacial score (nSPS) is 17.3. The van der Waals surface area contributed by atoms with Crippen molar-refractivity contribution in [1.29, 1.82) is 0 Å². The van der Waals surface area contributed by atoms with Crippen molar-refractivity contribution in [1.82, 2.24) is 4.90 Å². The maximum absolute atomic E-state index is 12.9. The summed E-state index contributed by atoms with van der Waals surface area (Å²) in [5, 5.41) is 11.4. The zero-order chi connectivity index (χ0) is 19.4. The molecule has 1 saturated heterocycles. The van der Waals surface area contributed by atoms with Gasteiger partial charge in [0, 0.05) is 18.7 Å². The van der Waals surface area contributed by atoms with Crippen molar-refractivity contribution in [3.05, 3.63) is 75.2 Å². The molecule has 0 saturated carbocycles. The number of nitrogens with zero attached hydrogens (tertiary/aromatic N) is 3. The van der Waals surface area contributed by atoms with Crippen LogP contribution in [0.2, 0.25) is 0 Å². The monoisotopic (exact) mass is 381 g/mol. The summed E-state index contributed by atoms with van der Waals surface area (Å²) in [6.07, 6.45) is 1.75. The summed E-state index contributed by atoms with van der Waals surface area (Å²) >= 11 is 1.32. The molecule has 0 aromatic heterocycles. The number of amides is 1. The van der Waals surface area contributed by atoms with Gasteiger partial charge in [0.2, 0.25) is 0 Å². The molecule has 0 unspecified atom stereocenters. The minimum atomic E-state index is -0.443. The second-order valence-electron chi connectivity index (χ2n) is 6.50. The fraction of sp³-hybridized carbons (Fsp3) is 0.200. The van der Waals surface area contributed by atoms with Gasteiger partial charge >= 0.3 is 0 Å². The highest BCUT2D eigenvalue weighted by Gasteiger charge is 2.33. The van der Waals surface area contributed by atoms with Crippen molar-refractivity contribution < 1.29 is 9.72 Å². The van der Waals surface area contributed by atoms with Gasteiger partial charge in [0.1, 0.15) is 0 Å². The number of carbonyl (C=O) groups excluding carboxylic acids is 1. The number of hydrogen-bond donors (Lipinski definition) is 0. The zero-order valence-electron chi connectivity index (χ0n) is 15.0. The molecule has 2 aromatic rings. The topological polar surface area (TPSA) is 75.8 Å². The molecule has 3 rings (SSSR count). The summed E-state index contributed by atoms with van der Waals surface area (Å²) in [5.74, 6) is 0.205. The third kappa shape index (κ3) is 4.62. The third-order valence-electron chi connectivity index (χ3n) is 3.82. The Kier molecular flexibility index (Phi) is 5.71. The number of benzene rings is 2. The van der Waals surface area contributed by atoms with Crippen molar-refractivity contribution in [3.63, 3.8) is 0 Å². The van der Waals surface area contributed by atoms with Crippen LogP contribution in [0.5, 0.6) is 0 Å². The van der Waals surface area contributed by atoms with Crippen LogP contribution in [0, 0.1) is 16.0 Å². The van der Waals surface area contributed by atoms with E-state index in [-0.39, 0.29) is 11.6 Å². The van der Waals surface area contributed by atoms with Crippen LogP contribution in [-0.2, 0) is 4.79 Å². The SMILES string of the molecule is CC(C)CN1C(=O)/C(=C/c2ccc([N+](=O)[O-])cc2)SC1=Nc1ccccc1. The first kappa shape index (κ1) is 18.8. The summed E-state index contributed by atoms with van der Waals surface area (Å²) in [6.45, 7) is 4.68. The molecule has 1 amide bonds. The predicted octanol–water partition coefficient (Wildman–Crippen LogP) is 4.85. The lowest BCUT2D eigenvalue weighted by atomic mass is 10.2. The molecule has 2 aromatic carbocycles. The van der Waals surface area contributed by atoms with E-state index in [4.69, 9.17) is 0 Å². The van der Waals surface area contributed by atoms with E-state index in [1.807, 2.05) is 30.3 Å². The van der Waals surface area contributed by atoms with Gasteiger partial charge in [-0.05, 0) is 53.6 Å². The predicted molar refractivity (Wildman–Crippen MR) is 109 cm³/mol. The molecule has 0 radical (unpaired) electrons. The minimum absolute atomic E-state index is 0.0234. The minimum Gasteiger partial charge on any atom is -0.286 e. The summed E-state index contributed by atoms with van der Waals surface area (Å²) in [7, 11) is 0. The third-order valence-corrected chi connectivity index (χ3v) is 4.83. The number of nitro groups is 1. The molecular weight excluding hydrogens is 362 g/mol. The molecule has 7 heteroatoms. The molecule has 0 N–H and O–H groups in total. The highest BCUT2D eigenvalue weighted by molar-refractivity contribution is 8.18. The van der Waals surface area contributed by atoms with Crippen molar-refractivity contribution in [3.8, 4) is 0 Å². The van der Waals surface area contributed by atoms with Gasteiger partial charge in [0.25, 0.3) is 11.6 Å². The summed E-state index contributed by atoms with van der Waals surface area (Å²) < 4.78 is 0. The number of para-hydroxylation sites is 1. The first-order valence-corrected chi connectivity index (χ1v) is 9.35. The molecule has 6 nitrogen and oxygen atoms in total. The number of nitro benzene ring substituents is 1. The molecular formula is C20H19N3O3S. The van der Waals surface area contributed by atoms with Crippen LogP contribution in [0.15, 0.2) is 64.5 Å². The van der Waals surface area contributed by atoms with E-state index in [0.717, 1.165) is 11.3 Å². The molecule has 0 spiro atoms. The lowest BCUT2D eigenvalue weighted by Crippen LogP contribution is -2.32. The Morgan fingerprint density at radius 3 is 2.41 bits per heavy atom. The fourth-order valence-electron chi connectivity index (χ4n) is 2.57. The van der Waals surface area contributed by atoms with Gasteiger partial charge in [0.05, 0.1) is 15.5 Å². The van der Waals surface area contributed by atoms with Gasteiger partial charge in [-0.1, -0.05) is 32.0 Å². The lowest BCUT2D eigenvalue weighted by Gasteiger charge is -2.17. The van der Waals surface area contributed by atoms with Crippen molar-refractivity contribution in [2.24, 2.45) is 10.9 Å². The largest absolute Gasteiger partial charge is 0.286 e. The molecule has 1 aliphatic rings. The van der Waals surface area contributed by atoms with Crippen molar-refractivity contribution in [2.75, 3.05) is 6.54 Å². The van der Waals surface area contributed by atoms with Gasteiger partial charge in [-0.15, -0.1) is 0 Å². The first-order chi connectivity index (χ1) is 12.9. The Bertz CT molecular complexity index is 906. The van der Waals surface area contributed by atoms with Crippen LogP contribution in [0.4, 0.5) is 11.4 Å². The van der Waals surface area contributed by atoms with Gasteiger partial charge in [0.15, 0.2) is 5.17 Å². The first-order valence-electron chi connectivity index (χ1n) is 8.53. The van der Waals surface area contributed by atoms with Crippen LogP contribution in [0.1, 0.15) is 19.4 Å². The summed E-state index contributed by atoms with van der Waals surface area (Å²) in [5.41, 5.74) is 1.55. The standard InChI is InChI=1S/C20H19N3O3S/c1-14(2)13-22-19(24)18(12-15-8-10-17(11-9-15)23(25)26)27-20(22)21-16-6-4-3-5-7-16/h3-12,14H,13H2,1-2H3/b18-12-,21-20?. The van der Waals surface area contributed by atoms with E-state index in [2.05, 4.69) is 18.8 Å². The average molecular weight is 381 g/mol. The zero-order valence-corrected chi connectivity index (χ0v) is 15.8. The van der Waals surface area contributed by atoms with Gasteiger partial charge in [-0.2, -0.15) is 0 Å². The second-order valence-corrected chi connectivity index (χ2v) is 7.51. The van der Waals surface area contributed by atoms with Crippen LogP contribution in [0.3, 0.4) is 0 Å². The summed E-state index contributed by atoms with van der Waals surface area (Å²) in [4.78, 5) is 30.1. The molecule has 0 bridgehead atoms. The van der Waals surface area contributed by atoms with Crippen LogP contribution in [0.25, 0.3) is 6.08 Å². The van der Waals surface area contributed by atoms with E-state index in [1.165, 1.54) is 23.9 Å². The number of aliphatic imine (C=N–C) groups is 1. The van der Waals surface area contributed by atoms with E-state index < -0.39 is 4.92 Å². The highest BCUT2D eigenvalue weighted by Crippen LogP contribution is 2.34. The molecule has 1 fully saturated rings. The summed E-state index contributed by atoms with van der Waals surface area (Å²) in [6, 6.07) is 15.6. The van der Waals surface area contributed by atoms with E-state index >= 15 is 0 Å². The number of rotatable bonds is 5. The van der Waals surface area contributed by atoms with E-state index in [9.17, 15) is 14.9 Å². The Balaban J connectivity index is 1.91. The number of amidine groups is 1. The molecule has 27 heavy (non-hydrogen) atoms. The average Bonchev–Trinajstić information content (AvgIpc) is 2.91. The van der Waals surface area contributed by atoms with E-state index in [0.29, 0.717) is 22.5 Å². The molecule has 0 aliphatic carbocycles. The van der Waals surface area contributed by atoms with E-state index in [1.54, 1.807) is 23.1 Å². The maximum atomic E-state index is 12.9. The van der Waals surface area contributed by atoms with Gasteiger partial charge < -0.3 is 0 Å².